The van der Waals surface area contributed by atoms with Gasteiger partial charge in [-0.2, -0.15) is 5.26 Å². The first kappa shape index (κ1) is 26.9. The molecule has 1 aliphatic rings. The first-order valence-corrected chi connectivity index (χ1v) is 10.5. The number of hydrogen-bond acceptors (Lipinski definition) is 8. The molecule has 1 aromatic rings. The second kappa shape index (κ2) is 13.3. The van der Waals surface area contributed by atoms with E-state index in [0.29, 0.717) is 12.2 Å². The number of carbonyl (C=O) groups excluding carboxylic acids is 4. The summed E-state index contributed by atoms with van der Waals surface area (Å²) in [6.45, 7) is 3.84. The number of carbonyl (C=O) groups is 4. The maximum atomic E-state index is 13.3. The smallest absolute Gasteiger partial charge is 0.404 e. The van der Waals surface area contributed by atoms with E-state index in [0.717, 1.165) is 17.7 Å². The van der Waals surface area contributed by atoms with E-state index in [9.17, 15) is 19.2 Å². The zero-order valence-corrected chi connectivity index (χ0v) is 19.0. The van der Waals surface area contributed by atoms with Gasteiger partial charge in [-0.15, -0.1) is 0 Å². The number of nitriles is 1. The summed E-state index contributed by atoms with van der Waals surface area (Å²) in [5, 5.41) is 10.9. The van der Waals surface area contributed by atoms with Gasteiger partial charge in [-0.1, -0.05) is 63.2 Å². The zero-order valence-electron chi connectivity index (χ0n) is 18.1. The number of nitrogens with one attached hydrogen (secondary N) is 1. The fourth-order valence-corrected chi connectivity index (χ4v) is 3.30. The van der Waals surface area contributed by atoms with Crippen LogP contribution in [0, 0.1) is 10.7 Å². The Hall–Kier alpha value is -3.10. The summed E-state index contributed by atoms with van der Waals surface area (Å²) in [5.74, 6) is -1.35. The van der Waals surface area contributed by atoms with Crippen LogP contribution in [0.1, 0.15) is 38.7 Å². The largest absolute Gasteiger partial charge is 0.442 e. The molecule has 32 heavy (non-hydrogen) atoms. The van der Waals surface area contributed by atoms with E-state index in [1.807, 2.05) is 6.92 Å². The molecule has 11 heteroatoms. The number of thiocyanates is 1. The van der Waals surface area contributed by atoms with Crippen molar-refractivity contribution in [2.75, 3.05) is 19.8 Å². The van der Waals surface area contributed by atoms with Gasteiger partial charge in [0.1, 0.15) is 11.5 Å². The number of nitrogens with two attached hydrogens (primary N) is 1. The molecule has 0 aliphatic carbocycles. The molecule has 10 nitrogen and oxygen atoms in total. The van der Waals surface area contributed by atoms with Crippen molar-refractivity contribution in [2.24, 2.45) is 5.73 Å². The number of primary amides is 1. The number of hydrogen-bond donors (Lipinski definition) is 3. The van der Waals surface area contributed by atoms with Gasteiger partial charge < -0.3 is 15.2 Å². The van der Waals surface area contributed by atoms with Crippen molar-refractivity contribution < 1.29 is 28.7 Å². The van der Waals surface area contributed by atoms with Crippen LogP contribution in [0.15, 0.2) is 30.3 Å². The molecule has 5 amide bonds. The van der Waals surface area contributed by atoms with Gasteiger partial charge in [0.2, 0.25) is 5.91 Å². The third-order valence-corrected chi connectivity index (χ3v) is 4.88. The summed E-state index contributed by atoms with van der Waals surface area (Å²) in [4.78, 5) is 50.6. The number of thiol groups is 1. The van der Waals surface area contributed by atoms with E-state index in [4.69, 9.17) is 20.5 Å². The molecular weight excluding hydrogens is 436 g/mol. The Balaban J connectivity index is 0.00000161. The van der Waals surface area contributed by atoms with E-state index in [2.05, 4.69) is 17.9 Å². The standard InChI is InChI=1S/C20H27N3O6.CHNS/c1-3-5-11-28-13-15(29-18(21)26)12-23-17(25)20(4-2,16(24)22-19(23)27)14-9-7-6-8-10-14;2-1-3/h6-10,15H,3-5,11-13H2,1-2H3,(H2,21,26)(H,22,24,27);3H. The Labute approximate surface area is 192 Å². The lowest BCUT2D eigenvalue weighted by Crippen LogP contribution is -2.67. The molecule has 2 atom stereocenters. The van der Waals surface area contributed by atoms with Crippen LogP contribution in [0.5, 0.6) is 0 Å². The van der Waals surface area contributed by atoms with E-state index >= 15 is 0 Å². The quantitative estimate of drug-likeness (QED) is 0.207. The van der Waals surface area contributed by atoms with Gasteiger partial charge in [0, 0.05) is 6.61 Å². The van der Waals surface area contributed by atoms with Gasteiger partial charge in [-0.3, -0.25) is 19.8 Å². The van der Waals surface area contributed by atoms with Gasteiger partial charge in [0.25, 0.3) is 5.91 Å². The fraction of sp³-hybridized carbons (Fsp3) is 0.476. The Morgan fingerprint density at radius 2 is 1.91 bits per heavy atom. The molecule has 0 aromatic heterocycles. The van der Waals surface area contributed by atoms with Crippen LogP contribution in [0.25, 0.3) is 0 Å². The third kappa shape index (κ3) is 6.70. The zero-order chi connectivity index (χ0) is 24.1. The Morgan fingerprint density at radius 3 is 2.44 bits per heavy atom. The Bertz CT molecular complexity index is 844. The number of urea groups is 1. The molecule has 3 N–H and O–H groups in total. The highest BCUT2D eigenvalue weighted by atomic mass is 32.1. The lowest BCUT2D eigenvalue weighted by molar-refractivity contribution is -0.146. The first-order valence-electron chi connectivity index (χ1n) is 10.1. The summed E-state index contributed by atoms with van der Waals surface area (Å²) in [5.41, 5.74) is 4.05. The van der Waals surface area contributed by atoms with E-state index in [-0.39, 0.29) is 19.6 Å². The van der Waals surface area contributed by atoms with Crippen LogP contribution in [0.3, 0.4) is 0 Å². The van der Waals surface area contributed by atoms with Gasteiger partial charge in [-0.25, -0.2) is 9.59 Å². The van der Waals surface area contributed by atoms with Gasteiger partial charge >= 0.3 is 12.1 Å². The lowest BCUT2D eigenvalue weighted by atomic mass is 9.74. The second-order valence-corrected chi connectivity index (χ2v) is 7.09. The molecule has 1 heterocycles. The number of benzene rings is 1. The number of unbranched alkanes of at least 4 members (excludes halogenated alkanes) is 1. The summed E-state index contributed by atoms with van der Waals surface area (Å²) >= 11 is 3.09. The molecule has 0 bridgehead atoms. The van der Waals surface area contributed by atoms with Crippen molar-refractivity contribution in [1.29, 1.82) is 5.26 Å². The predicted octanol–water partition coefficient (Wildman–Crippen LogP) is 2.09. The number of nitrogens with zero attached hydrogens (tertiary/aromatic N) is 2. The number of rotatable bonds is 10. The van der Waals surface area contributed by atoms with Crippen molar-refractivity contribution in [1.82, 2.24) is 10.2 Å². The SMILES string of the molecule is CCCCOCC(CN1C(=O)NC(=O)C(CC)(c2ccccc2)C1=O)OC(N)=O.N#CS. The average molecular weight is 465 g/mol. The van der Waals surface area contributed by atoms with Crippen LogP contribution in [0.4, 0.5) is 9.59 Å². The van der Waals surface area contributed by atoms with E-state index < -0.39 is 35.5 Å². The highest BCUT2D eigenvalue weighted by Crippen LogP contribution is 2.33. The van der Waals surface area contributed by atoms with E-state index in [1.54, 1.807) is 37.3 Å². The molecule has 174 valence electrons. The summed E-state index contributed by atoms with van der Waals surface area (Å²) < 4.78 is 10.5. The van der Waals surface area contributed by atoms with Crippen molar-refractivity contribution >= 4 is 36.6 Å². The van der Waals surface area contributed by atoms with Crippen LogP contribution in [-0.2, 0) is 24.5 Å². The molecular formula is C21H28N4O6S. The van der Waals surface area contributed by atoms with Crippen molar-refractivity contribution in [3.8, 4) is 5.40 Å². The van der Waals surface area contributed by atoms with Crippen LogP contribution < -0.4 is 11.1 Å². The maximum absolute atomic E-state index is 13.3. The minimum atomic E-state index is -1.55. The number of ether oxygens (including phenoxy) is 2. The molecule has 0 saturated carbocycles. The average Bonchev–Trinajstić information content (AvgIpc) is 2.75. The minimum absolute atomic E-state index is 0.0294. The van der Waals surface area contributed by atoms with Gasteiger partial charge in [0.05, 0.1) is 13.2 Å². The van der Waals surface area contributed by atoms with Crippen LogP contribution >= 0.6 is 12.6 Å². The highest BCUT2D eigenvalue weighted by molar-refractivity contribution is 7.85. The Kier molecular flexibility index (Phi) is 11.2. The topological polar surface area (TPSA) is 152 Å². The Morgan fingerprint density at radius 1 is 1.28 bits per heavy atom. The molecule has 2 unspecified atom stereocenters. The fourth-order valence-electron chi connectivity index (χ4n) is 3.30. The minimum Gasteiger partial charge on any atom is -0.442 e. The van der Waals surface area contributed by atoms with E-state index in [1.165, 1.54) is 5.40 Å². The lowest BCUT2D eigenvalue weighted by Gasteiger charge is -2.39. The molecule has 1 saturated heterocycles. The highest BCUT2D eigenvalue weighted by Gasteiger charge is 2.54. The van der Waals surface area contributed by atoms with Crippen molar-refractivity contribution in [3.63, 3.8) is 0 Å². The molecule has 1 aliphatic heterocycles. The van der Waals surface area contributed by atoms with Crippen LogP contribution in [-0.4, -0.2) is 54.7 Å². The predicted molar refractivity (Wildman–Crippen MR) is 118 cm³/mol. The van der Waals surface area contributed by atoms with Crippen molar-refractivity contribution in [2.45, 2.75) is 44.6 Å². The number of imide groups is 2. The van der Waals surface area contributed by atoms with Gasteiger partial charge in [-0.05, 0) is 18.4 Å². The third-order valence-electron chi connectivity index (χ3n) is 4.88. The second-order valence-electron chi connectivity index (χ2n) is 6.89. The first-order chi connectivity index (χ1) is 15.3. The van der Waals surface area contributed by atoms with Crippen molar-refractivity contribution in [3.05, 3.63) is 35.9 Å². The summed E-state index contributed by atoms with van der Waals surface area (Å²) in [6, 6.07) is 7.67. The van der Waals surface area contributed by atoms with Gasteiger partial charge in [0.15, 0.2) is 5.41 Å². The monoisotopic (exact) mass is 464 g/mol. The molecule has 2 rings (SSSR count). The number of barbiturate groups is 1. The van der Waals surface area contributed by atoms with Crippen LogP contribution in [0.2, 0.25) is 0 Å². The molecule has 1 fully saturated rings. The molecule has 0 spiro atoms. The summed E-state index contributed by atoms with van der Waals surface area (Å²) in [7, 11) is 0. The maximum Gasteiger partial charge on any atom is 0.404 e. The number of amides is 5. The normalized spacial score (nSPS) is 18.7. The molecule has 1 aromatic carbocycles. The molecule has 0 radical (unpaired) electrons. The summed E-state index contributed by atoms with van der Waals surface area (Å²) in [6.07, 6.45) is -0.0994.